The lowest BCUT2D eigenvalue weighted by Gasteiger charge is -2.01. The van der Waals surface area contributed by atoms with E-state index >= 15 is 0 Å². The first-order valence-corrected chi connectivity index (χ1v) is 7.26. The molecular weight excluding hydrogens is 246 g/mol. The van der Waals surface area contributed by atoms with Gasteiger partial charge in [-0.2, -0.15) is 4.98 Å². The van der Waals surface area contributed by atoms with Crippen molar-refractivity contribution in [1.82, 2.24) is 10.1 Å². The Balaban J connectivity index is 2.09. The quantitative estimate of drug-likeness (QED) is 0.739. The summed E-state index contributed by atoms with van der Waals surface area (Å²) in [5, 5.41) is 13.3. The van der Waals surface area contributed by atoms with Crippen LogP contribution in [0, 0.1) is 0 Å². The maximum absolute atomic E-state index is 11.3. The van der Waals surface area contributed by atoms with Gasteiger partial charge in [-0.3, -0.25) is 0 Å². The van der Waals surface area contributed by atoms with Crippen LogP contribution in [0.5, 0.6) is 0 Å². The Labute approximate surface area is 98.9 Å². The summed E-state index contributed by atoms with van der Waals surface area (Å²) in [4.78, 5) is 4.03. The molecule has 7 nitrogen and oxygen atoms in total. The van der Waals surface area contributed by atoms with Gasteiger partial charge < -0.3 is 15.4 Å². The second-order valence-corrected chi connectivity index (χ2v) is 6.41. The van der Waals surface area contributed by atoms with Crippen molar-refractivity contribution in [2.75, 3.05) is 18.1 Å². The normalized spacial score (nSPS) is 24.9. The molecule has 0 radical (unpaired) electrons. The summed E-state index contributed by atoms with van der Waals surface area (Å²) in [7, 11) is -2.97. The average molecular weight is 261 g/mol. The van der Waals surface area contributed by atoms with Gasteiger partial charge in [0, 0.05) is 5.92 Å². The predicted molar refractivity (Wildman–Crippen MR) is 58.9 cm³/mol. The van der Waals surface area contributed by atoms with Crippen LogP contribution in [-0.4, -0.2) is 41.7 Å². The molecule has 3 N–H and O–H groups in total. The van der Waals surface area contributed by atoms with E-state index in [1.807, 2.05) is 0 Å². The number of aromatic nitrogens is 2. The fourth-order valence-corrected chi connectivity index (χ4v) is 3.57. The Morgan fingerprint density at radius 2 is 2.35 bits per heavy atom. The molecule has 0 aliphatic carbocycles. The van der Waals surface area contributed by atoms with E-state index in [1.54, 1.807) is 0 Å². The number of rotatable bonds is 4. The largest absolute Gasteiger partial charge is 0.383 e. The maximum atomic E-state index is 11.3. The molecule has 1 aromatic rings. The summed E-state index contributed by atoms with van der Waals surface area (Å²) in [6.07, 6.45) is -0.0296. The summed E-state index contributed by atoms with van der Waals surface area (Å²) in [6, 6.07) is 0. The van der Waals surface area contributed by atoms with E-state index in [4.69, 9.17) is 10.3 Å². The summed E-state index contributed by atoms with van der Waals surface area (Å²) in [5.41, 5.74) is 5.30. The molecule has 1 aliphatic rings. The predicted octanol–water partition coefficient (Wildman–Crippen LogP) is -0.646. The molecule has 96 valence electrons. The van der Waals surface area contributed by atoms with Gasteiger partial charge >= 0.3 is 0 Å². The molecule has 8 heteroatoms. The van der Waals surface area contributed by atoms with Gasteiger partial charge in [0.15, 0.2) is 15.7 Å². The van der Waals surface area contributed by atoms with Crippen molar-refractivity contribution in [3.05, 3.63) is 11.7 Å². The smallest absolute Gasteiger partial charge is 0.255 e. The van der Waals surface area contributed by atoms with Crippen molar-refractivity contribution in [2.45, 2.75) is 24.9 Å². The monoisotopic (exact) mass is 261 g/mol. The topological polar surface area (TPSA) is 119 Å². The van der Waals surface area contributed by atoms with Crippen molar-refractivity contribution < 1.29 is 18.0 Å². The summed E-state index contributed by atoms with van der Waals surface area (Å²) >= 11 is 0. The Hall–Kier alpha value is -0.990. The van der Waals surface area contributed by atoms with Crippen LogP contribution in [0.15, 0.2) is 4.52 Å². The molecule has 0 spiro atoms. The molecule has 0 amide bonds. The highest BCUT2D eigenvalue weighted by atomic mass is 32.2. The van der Waals surface area contributed by atoms with Crippen molar-refractivity contribution in [2.24, 2.45) is 5.73 Å². The molecule has 0 aromatic carbocycles. The summed E-state index contributed by atoms with van der Waals surface area (Å²) < 4.78 is 27.5. The van der Waals surface area contributed by atoms with Crippen LogP contribution in [0.3, 0.4) is 0 Å². The van der Waals surface area contributed by atoms with Gasteiger partial charge in [0.2, 0.25) is 0 Å². The third-order valence-corrected chi connectivity index (χ3v) is 4.55. The first-order valence-electron chi connectivity index (χ1n) is 5.44. The number of nitrogens with zero attached hydrogens (tertiary/aromatic N) is 2. The van der Waals surface area contributed by atoms with Crippen molar-refractivity contribution in [1.29, 1.82) is 0 Å². The Kier molecular flexibility index (Phi) is 3.45. The van der Waals surface area contributed by atoms with Gasteiger partial charge in [0.05, 0.1) is 11.5 Å². The van der Waals surface area contributed by atoms with Crippen LogP contribution >= 0.6 is 0 Å². The molecule has 1 unspecified atom stereocenters. The number of sulfone groups is 1. The maximum Gasteiger partial charge on any atom is 0.255 e. The van der Waals surface area contributed by atoms with Crippen LogP contribution in [0.2, 0.25) is 0 Å². The number of aliphatic hydroxyl groups is 1. The minimum absolute atomic E-state index is 0.0545. The highest BCUT2D eigenvalue weighted by molar-refractivity contribution is 7.91. The lowest BCUT2D eigenvalue weighted by molar-refractivity contribution is 0.127. The van der Waals surface area contributed by atoms with Crippen molar-refractivity contribution >= 4 is 9.84 Å². The van der Waals surface area contributed by atoms with Crippen LogP contribution in [0.4, 0.5) is 0 Å². The van der Waals surface area contributed by atoms with Crippen molar-refractivity contribution in [3.63, 3.8) is 0 Å². The standard InChI is InChI=1S/C9H15N3O4S/c10-3-1-7(13)9-11-8(12-16-9)6-2-4-17(14,15)5-6/h6-7,13H,1-5,10H2/t6?,7-/m0/s1. The molecule has 2 rings (SSSR count). The molecule has 1 saturated heterocycles. The molecule has 1 aliphatic heterocycles. The second-order valence-electron chi connectivity index (χ2n) is 4.18. The van der Waals surface area contributed by atoms with Gasteiger partial charge in [0.1, 0.15) is 6.10 Å². The first kappa shape index (κ1) is 12.5. The van der Waals surface area contributed by atoms with Gasteiger partial charge in [-0.15, -0.1) is 0 Å². The average Bonchev–Trinajstić information content (AvgIpc) is 2.84. The minimum atomic E-state index is -2.97. The first-order chi connectivity index (χ1) is 8.02. The van der Waals surface area contributed by atoms with Gasteiger partial charge in [-0.1, -0.05) is 5.16 Å². The summed E-state index contributed by atoms with van der Waals surface area (Å²) in [5.74, 6) is 0.459. The zero-order valence-corrected chi connectivity index (χ0v) is 10.1. The summed E-state index contributed by atoms with van der Waals surface area (Å²) in [6.45, 7) is 0.316. The zero-order chi connectivity index (χ0) is 12.5. The lowest BCUT2D eigenvalue weighted by Crippen LogP contribution is -2.08. The third kappa shape index (κ3) is 2.82. The fraction of sp³-hybridized carbons (Fsp3) is 0.778. The molecular formula is C9H15N3O4S. The number of aliphatic hydroxyl groups excluding tert-OH is 1. The van der Waals surface area contributed by atoms with Crippen LogP contribution in [-0.2, 0) is 9.84 Å². The van der Waals surface area contributed by atoms with Crippen LogP contribution in [0.1, 0.15) is 36.6 Å². The number of nitrogens with two attached hydrogens (primary N) is 1. The van der Waals surface area contributed by atoms with E-state index in [9.17, 15) is 13.5 Å². The van der Waals surface area contributed by atoms with Gasteiger partial charge in [-0.25, -0.2) is 8.42 Å². The molecule has 1 fully saturated rings. The Morgan fingerprint density at radius 1 is 1.59 bits per heavy atom. The molecule has 2 heterocycles. The molecule has 17 heavy (non-hydrogen) atoms. The van der Waals surface area contributed by atoms with E-state index in [2.05, 4.69) is 10.1 Å². The lowest BCUT2D eigenvalue weighted by atomic mass is 10.1. The highest BCUT2D eigenvalue weighted by Crippen LogP contribution is 2.27. The zero-order valence-electron chi connectivity index (χ0n) is 9.24. The SMILES string of the molecule is NCC[C@H](O)c1nc(C2CCS(=O)(=O)C2)no1. The van der Waals surface area contributed by atoms with E-state index in [-0.39, 0.29) is 23.3 Å². The third-order valence-electron chi connectivity index (χ3n) is 2.78. The second kappa shape index (κ2) is 4.71. The molecule has 1 aromatic heterocycles. The van der Waals surface area contributed by atoms with E-state index in [1.165, 1.54) is 0 Å². The van der Waals surface area contributed by atoms with E-state index in [0.717, 1.165) is 0 Å². The van der Waals surface area contributed by atoms with Crippen LogP contribution in [0.25, 0.3) is 0 Å². The van der Waals surface area contributed by atoms with E-state index in [0.29, 0.717) is 25.2 Å². The Morgan fingerprint density at radius 3 is 2.94 bits per heavy atom. The van der Waals surface area contributed by atoms with E-state index < -0.39 is 15.9 Å². The fourth-order valence-electron chi connectivity index (χ4n) is 1.83. The van der Waals surface area contributed by atoms with Crippen LogP contribution < -0.4 is 5.73 Å². The molecule has 2 atom stereocenters. The van der Waals surface area contributed by atoms with Gasteiger partial charge in [-0.05, 0) is 19.4 Å². The number of hydrogen-bond acceptors (Lipinski definition) is 7. The molecule has 0 saturated carbocycles. The Bertz CT molecular complexity index is 484. The minimum Gasteiger partial charge on any atom is -0.383 e. The van der Waals surface area contributed by atoms with Crippen molar-refractivity contribution in [3.8, 4) is 0 Å². The molecule has 0 bridgehead atoms. The highest BCUT2D eigenvalue weighted by Gasteiger charge is 2.32. The van der Waals surface area contributed by atoms with Gasteiger partial charge in [0.25, 0.3) is 5.89 Å². The number of hydrogen-bond donors (Lipinski definition) is 2.